The summed E-state index contributed by atoms with van der Waals surface area (Å²) in [6.45, 7) is 2.22. The number of anilines is 2. The molecule has 8 rings (SSSR count). The molecule has 1 N–H and O–H groups in total. The number of nitrogens with zero attached hydrogens (tertiary/aromatic N) is 11. The Balaban J connectivity index is 0.000000196. The van der Waals surface area contributed by atoms with Gasteiger partial charge in [0.05, 0.1) is 22.5 Å². The number of halogens is 12. The number of aromatic nitrogens is 8. The Bertz CT molecular complexity index is 2440. The Morgan fingerprint density at radius 3 is 1.47 bits per heavy atom. The topological polar surface area (TPSA) is 179 Å². The molecule has 28 heteroatoms. The van der Waals surface area contributed by atoms with E-state index in [1.54, 1.807) is 14.7 Å². The molecule has 66 heavy (non-hydrogen) atoms. The predicted octanol–water partition coefficient (Wildman–Crippen LogP) is 4.66. The van der Waals surface area contributed by atoms with Gasteiger partial charge in [-0.15, -0.1) is 17.9 Å². The van der Waals surface area contributed by atoms with Crippen LogP contribution in [0.5, 0.6) is 0 Å². The van der Waals surface area contributed by atoms with Crippen molar-refractivity contribution >= 4 is 23.7 Å². The van der Waals surface area contributed by atoms with Crippen LogP contribution in [0.4, 0.5) is 64.6 Å². The Hall–Kier alpha value is -6.38. The fourth-order valence-electron chi connectivity index (χ4n) is 8.19. The summed E-state index contributed by atoms with van der Waals surface area (Å²) >= 11 is 0. The number of aromatic amines is 1. The Morgan fingerprint density at radius 2 is 1.05 bits per heavy atom. The van der Waals surface area contributed by atoms with Crippen molar-refractivity contribution in [2.45, 2.75) is 75.2 Å². The molecule has 2 aliphatic heterocycles. The van der Waals surface area contributed by atoms with E-state index in [4.69, 9.17) is 0 Å². The van der Waals surface area contributed by atoms with E-state index >= 15 is 0 Å². The van der Waals surface area contributed by atoms with Crippen LogP contribution in [0.15, 0.2) is 40.4 Å². The lowest BCUT2D eigenvalue weighted by Gasteiger charge is -2.35. The number of amides is 2. The summed E-state index contributed by atoms with van der Waals surface area (Å²) in [6.07, 6.45) is -15.1. The highest BCUT2D eigenvalue weighted by molar-refractivity contribution is 5.78. The average Bonchev–Trinajstić information content (AvgIpc) is 3.84. The lowest BCUT2D eigenvalue weighted by atomic mass is 10.0. The molecule has 0 aromatic carbocycles. The number of fused-ring (bicyclic) bond motifs is 2. The number of alkyl halides is 12. The monoisotopic (exact) mass is 952 g/mol. The van der Waals surface area contributed by atoms with Gasteiger partial charge in [-0.3, -0.25) is 19.2 Å². The minimum absolute atomic E-state index is 0.0120. The normalized spacial score (nSPS) is 19.0. The van der Waals surface area contributed by atoms with Crippen molar-refractivity contribution in [1.29, 1.82) is 0 Å². The molecule has 0 unspecified atom stereocenters. The van der Waals surface area contributed by atoms with Crippen molar-refractivity contribution in [1.82, 2.24) is 49.7 Å². The van der Waals surface area contributed by atoms with Gasteiger partial charge in [-0.1, -0.05) is 0 Å². The largest absolute Gasteiger partial charge is 0.507 e. The third-order valence-corrected chi connectivity index (χ3v) is 11.6. The van der Waals surface area contributed by atoms with Crippen LogP contribution in [0.3, 0.4) is 0 Å². The zero-order valence-electron chi connectivity index (χ0n) is 34.0. The summed E-state index contributed by atoms with van der Waals surface area (Å²) in [4.78, 5) is 70.1. The van der Waals surface area contributed by atoms with E-state index in [0.717, 1.165) is 6.07 Å². The molecule has 16 nitrogen and oxygen atoms in total. The van der Waals surface area contributed by atoms with E-state index in [1.807, 2.05) is 5.10 Å². The van der Waals surface area contributed by atoms with Crippen molar-refractivity contribution in [3.63, 3.8) is 0 Å². The fourth-order valence-corrected chi connectivity index (χ4v) is 8.19. The third kappa shape index (κ3) is 10.5. The summed E-state index contributed by atoms with van der Waals surface area (Å²) in [6, 6.07) is 0.920. The van der Waals surface area contributed by atoms with E-state index in [1.165, 1.54) is 4.90 Å². The van der Waals surface area contributed by atoms with Gasteiger partial charge in [0.25, 0.3) is 11.1 Å². The molecular weight excluding hydrogens is 916 g/mol. The molecule has 2 atom stereocenters. The number of hydrogen-bond donors (Lipinski definition) is 1. The van der Waals surface area contributed by atoms with E-state index in [9.17, 15) is 71.9 Å². The number of carbonyl (C=O) groups excluding carboxylic acids is 2. The molecule has 0 bridgehead atoms. The molecule has 6 heterocycles. The van der Waals surface area contributed by atoms with Crippen LogP contribution < -0.4 is 20.9 Å². The van der Waals surface area contributed by atoms with Crippen LogP contribution >= 0.6 is 0 Å². The van der Waals surface area contributed by atoms with Gasteiger partial charge in [0.1, 0.15) is 5.56 Å². The molecule has 4 aromatic heterocycles. The van der Waals surface area contributed by atoms with Crippen LogP contribution in [0.2, 0.25) is 0 Å². The van der Waals surface area contributed by atoms with Gasteiger partial charge in [-0.05, 0) is 36.8 Å². The van der Waals surface area contributed by atoms with Crippen molar-refractivity contribution in [3.05, 3.63) is 90.8 Å². The van der Waals surface area contributed by atoms with E-state index in [-0.39, 0.29) is 92.5 Å². The number of rotatable bonds is 6. The molecule has 4 aliphatic rings. The highest BCUT2D eigenvalue weighted by Crippen LogP contribution is 2.40. The van der Waals surface area contributed by atoms with Crippen LogP contribution in [0.1, 0.15) is 76.7 Å². The molecule has 0 spiro atoms. The van der Waals surface area contributed by atoms with Crippen molar-refractivity contribution in [2.75, 3.05) is 62.2 Å². The number of aryl methyl sites for hydroxylation is 1. The number of piperazine rings is 2. The number of hydrogen-bond acceptors (Lipinski definition) is 12. The maximum absolute atomic E-state index is 13.2. The highest BCUT2D eigenvalue weighted by atomic mass is 19.4. The van der Waals surface area contributed by atoms with Gasteiger partial charge in [0.2, 0.25) is 23.7 Å². The first-order valence-electron chi connectivity index (χ1n) is 20.1. The van der Waals surface area contributed by atoms with Crippen molar-refractivity contribution in [3.8, 4) is 0 Å². The van der Waals surface area contributed by atoms with Crippen LogP contribution in [0, 0.1) is 0 Å². The number of carbonyl (C=O) groups is 2. The SMILES string of the molecule is O=C(C[C@@H]1CCc2c1n[nH]c(=O)c2C(F)(F)F)N1CCN(c2ncc(C(F)(F)F)cn2)CC1.O=C(C[C@@H]1CCc2cc(=O)n(C(F)(F)F)nc21)N1CCN(c2ncc(C(F)(F)F)cn2)CC1. The summed E-state index contributed by atoms with van der Waals surface area (Å²) in [5, 5.41) is 9.14. The molecule has 4 aromatic rings. The zero-order chi connectivity index (χ0) is 47.9. The zero-order valence-corrected chi connectivity index (χ0v) is 34.0. The second-order valence-electron chi connectivity index (χ2n) is 15.7. The third-order valence-electron chi connectivity index (χ3n) is 11.6. The molecule has 0 saturated carbocycles. The first kappa shape index (κ1) is 47.6. The lowest BCUT2D eigenvalue weighted by Crippen LogP contribution is -2.49. The molecule has 2 saturated heterocycles. The average molecular weight is 953 g/mol. The van der Waals surface area contributed by atoms with Gasteiger partial charge in [0.15, 0.2) is 0 Å². The first-order chi connectivity index (χ1) is 30.9. The summed E-state index contributed by atoms with van der Waals surface area (Å²) in [7, 11) is 0. The van der Waals surface area contributed by atoms with Crippen LogP contribution in [-0.2, 0) is 47.3 Å². The molecular formula is C38H36F12N12O4. The minimum atomic E-state index is -4.94. The summed E-state index contributed by atoms with van der Waals surface area (Å²) in [5.41, 5.74) is -5.26. The van der Waals surface area contributed by atoms with Gasteiger partial charge >= 0.3 is 24.8 Å². The van der Waals surface area contributed by atoms with E-state index in [2.05, 4.69) is 30.1 Å². The minimum Gasteiger partial charge on any atom is -0.339 e. The van der Waals surface area contributed by atoms with E-state index < -0.39 is 69.2 Å². The van der Waals surface area contributed by atoms with Crippen LogP contribution in [0.25, 0.3) is 0 Å². The number of nitrogens with one attached hydrogen (secondary N) is 1. The molecule has 2 fully saturated rings. The number of H-pyrrole nitrogens is 1. The Morgan fingerprint density at radius 1 is 0.606 bits per heavy atom. The molecule has 2 aliphatic carbocycles. The molecule has 0 radical (unpaired) electrons. The maximum Gasteiger partial charge on any atom is 0.507 e. The summed E-state index contributed by atoms with van der Waals surface area (Å²) in [5.74, 6) is -1.38. The van der Waals surface area contributed by atoms with E-state index in [0.29, 0.717) is 69.4 Å². The first-order valence-corrected chi connectivity index (χ1v) is 20.1. The fraction of sp³-hybridized carbons (Fsp3) is 0.526. The maximum atomic E-state index is 13.2. The Kier molecular flexibility index (Phi) is 13.1. The lowest BCUT2D eigenvalue weighted by molar-refractivity contribution is -0.215. The second kappa shape index (κ2) is 18.1. The van der Waals surface area contributed by atoms with Crippen molar-refractivity contribution < 1.29 is 62.3 Å². The smallest absolute Gasteiger partial charge is 0.339 e. The second-order valence-corrected chi connectivity index (χ2v) is 15.7. The van der Waals surface area contributed by atoms with Crippen molar-refractivity contribution in [2.24, 2.45) is 0 Å². The van der Waals surface area contributed by atoms with Gasteiger partial charge in [-0.2, -0.15) is 49.7 Å². The van der Waals surface area contributed by atoms with Gasteiger partial charge in [-0.25, -0.2) is 25.0 Å². The molecule has 356 valence electrons. The Labute approximate surface area is 363 Å². The summed E-state index contributed by atoms with van der Waals surface area (Å²) < 4.78 is 154. The van der Waals surface area contributed by atoms with Crippen LogP contribution in [-0.4, -0.2) is 114 Å². The van der Waals surface area contributed by atoms with Gasteiger partial charge < -0.3 is 19.6 Å². The predicted molar refractivity (Wildman–Crippen MR) is 203 cm³/mol. The highest BCUT2D eigenvalue weighted by Gasteiger charge is 2.43. The van der Waals surface area contributed by atoms with Gasteiger partial charge in [0, 0.05) is 108 Å². The molecule has 2 amide bonds. The standard InChI is InChI=1S/2C19H18F6N6O2/c20-18(21,22)13-9-26-17(27-10-13)30-5-3-29(4-6-30)14(32)7-11-1-2-12-8-15(33)31(19(23,24)25)28-16(11)12;20-18(21,22)11-8-26-17(27-9-11)31-5-3-30(4-6-31)13(32)7-10-1-2-12-14(19(23,24)25)16(33)29-28-15(10)12/h8-11H,1-7H2;8-10H,1-7H2,(H,29,33)/t11-;10-/m00/s1. The quantitative estimate of drug-likeness (QED) is 0.265.